The predicted molar refractivity (Wildman–Crippen MR) is 122 cm³/mol. The number of carbonyl (C=O) groups is 2. The minimum atomic E-state index is -0.0930. The van der Waals surface area contributed by atoms with Crippen molar-refractivity contribution in [2.75, 3.05) is 13.1 Å². The lowest BCUT2D eigenvalue weighted by molar-refractivity contribution is -0.135. The van der Waals surface area contributed by atoms with Crippen molar-refractivity contribution < 1.29 is 9.59 Å². The Morgan fingerprint density at radius 1 is 1.13 bits per heavy atom. The first-order valence-corrected chi connectivity index (χ1v) is 11.1. The second kappa shape index (κ2) is 9.33. The standard InChI is InChI=1S/C25H30N4O2/c1-18-8-7-10-20(16-18)25(31)26-14-13-23-27-21-11-3-4-12-22(21)29(23)17-24(30)28-15-6-5-9-19(28)2/h3-4,7-8,10-12,16,19H,5-6,9,13-15,17H2,1-2H3,(H,26,31). The summed E-state index contributed by atoms with van der Waals surface area (Å²) in [6, 6.07) is 15.7. The van der Waals surface area contributed by atoms with Gasteiger partial charge in [0.2, 0.25) is 5.91 Å². The van der Waals surface area contributed by atoms with Crippen molar-refractivity contribution in [2.24, 2.45) is 0 Å². The summed E-state index contributed by atoms with van der Waals surface area (Å²) < 4.78 is 2.01. The van der Waals surface area contributed by atoms with E-state index >= 15 is 0 Å². The van der Waals surface area contributed by atoms with Crippen LogP contribution in [-0.4, -0.2) is 45.4 Å². The molecule has 2 amide bonds. The zero-order valence-corrected chi connectivity index (χ0v) is 18.3. The van der Waals surface area contributed by atoms with E-state index in [1.165, 1.54) is 6.42 Å². The van der Waals surface area contributed by atoms with Crippen LogP contribution in [0.15, 0.2) is 48.5 Å². The number of carbonyl (C=O) groups excluding carboxylic acids is 2. The van der Waals surface area contributed by atoms with E-state index in [1.54, 1.807) is 0 Å². The highest BCUT2D eigenvalue weighted by Crippen LogP contribution is 2.20. The van der Waals surface area contributed by atoms with Crippen molar-refractivity contribution in [3.05, 3.63) is 65.5 Å². The number of para-hydroxylation sites is 2. The summed E-state index contributed by atoms with van der Waals surface area (Å²) in [4.78, 5) is 32.3. The van der Waals surface area contributed by atoms with Gasteiger partial charge in [0, 0.05) is 31.1 Å². The maximum absolute atomic E-state index is 13.1. The van der Waals surface area contributed by atoms with Crippen molar-refractivity contribution in [3.63, 3.8) is 0 Å². The summed E-state index contributed by atoms with van der Waals surface area (Å²) >= 11 is 0. The minimum absolute atomic E-state index is 0.0930. The van der Waals surface area contributed by atoms with Crippen LogP contribution in [0.3, 0.4) is 0 Å². The van der Waals surface area contributed by atoms with Crippen LogP contribution in [0, 0.1) is 6.92 Å². The van der Waals surface area contributed by atoms with Crippen LogP contribution in [0.2, 0.25) is 0 Å². The lowest BCUT2D eigenvalue weighted by Gasteiger charge is -2.33. The molecule has 1 saturated heterocycles. The fourth-order valence-corrected chi connectivity index (χ4v) is 4.36. The highest BCUT2D eigenvalue weighted by atomic mass is 16.2. The van der Waals surface area contributed by atoms with Gasteiger partial charge in [0.1, 0.15) is 12.4 Å². The third kappa shape index (κ3) is 4.79. The van der Waals surface area contributed by atoms with Crippen LogP contribution in [0.4, 0.5) is 0 Å². The zero-order chi connectivity index (χ0) is 21.8. The molecule has 0 aliphatic carbocycles. The summed E-state index contributed by atoms with van der Waals surface area (Å²) in [6.07, 6.45) is 3.88. The molecule has 6 nitrogen and oxygen atoms in total. The molecular weight excluding hydrogens is 388 g/mol. The summed E-state index contributed by atoms with van der Waals surface area (Å²) in [5.74, 6) is 0.869. The molecule has 2 heterocycles. The average Bonchev–Trinajstić information content (AvgIpc) is 3.11. The maximum atomic E-state index is 13.1. The Morgan fingerprint density at radius 2 is 1.97 bits per heavy atom. The largest absolute Gasteiger partial charge is 0.352 e. The van der Waals surface area contributed by atoms with Crippen molar-refractivity contribution >= 4 is 22.8 Å². The van der Waals surface area contributed by atoms with Gasteiger partial charge in [0.25, 0.3) is 5.91 Å². The number of fused-ring (bicyclic) bond motifs is 1. The second-order valence-corrected chi connectivity index (χ2v) is 8.41. The summed E-state index contributed by atoms with van der Waals surface area (Å²) in [5, 5.41) is 2.98. The molecule has 162 valence electrons. The first-order valence-electron chi connectivity index (χ1n) is 11.1. The van der Waals surface area contributed by atoms with E-state index in [4.69, 9.17) is 4.98 Å². The number of nitrogens with one attached hydrogen (secondary N) is 1. The maximum Gasteiger partial charge on any atom is 0.251 e. The van der Waals surface area contributed by atoms with Crippen molar-refractivity contribution in [3.8, 4) is 0 Å². The fraction of sp³-hybridized carbons (Fsp3) is 0.400. The Bertz CT molecular complexity index is 1090. The quantitative estimate of drug-likeness (QED) is 0.663. The second-order valence-electron chi connectivity index (χ2n) is 8.41. The first kappa shape index (κ1) is 21.1. The molecule has 1 N–H and O–H groups in total. The van der Waals surface area contributed by atoms with Crippen molar-refractivity contribution in [1.82, 2.24) is 19.8 Å². The Morgan fingerprint density at radius 3 is 2.77 bits per heavy atom. The number of aryl methyl sites for hydroxylation is 1. The number of aromatic nitrogens is 2. The van der Waals surface area contributed by atoms with E-state index in [1.807, 2.05) is 64.9 Å². The van der Waals surface area contributed by atoms with Gasteiger partial charge in [0.05, 0.1) is 11.0 Å². The summed E-state index contributed by atoms with van der Waals surface area (Å²) in [5.41, 5.74) is 3.55. The predicted octanol–water partition coefficient (Wildman–Crippen LogP) is 3.72. The van der Waals surface area contributed by atoms with E-state index in [0.717, 1.165) is 41.8 Å². The molecule has 1 unspecified atom stereocenters. The molecule has 1 fully saturated rings. The van der Waals surface area contributed by atoms with Gasteiger partial charge in [-0.15, -0.1) is 0 Å². The van der Waals surface area contributed by atoms with E-state index in [0.29, 0.717) is 18.5 Å². The number of amides is 2. The van der Waals surface area contributed by atoms with E-state index < -0.39 is 0 Å². The Kier molecular flexibility index (Phi) is 6.35. The van der Waals surface area contributed by atoms with Crippen LogP contribution in [0.5, 0.6) is 0 Å². The SMILES string of the molecule is Cc1cccc(C(=O)NCCc2nc3ccccc3n2CC(=O)N2CCCCC2C)c1. The molecule has 31 heavy (non-hydrogen) atoms. The smallest absolute Gasteiger partial charge is 0.251 e. The molecule has 1 aliphatic rings. The molecule has 6 heteroatoms. The molecule has 1 atom stereocenters. The molecule has 1 aromatic heterocycles. The van der Waals surface area contributed by atoms with Crippen molar-refractivity contribution in [2.45, 2.75) is 52.1 Å². The van der Waals surface area contributed by atoms with E-state index in [9.17, 15) is 9.59 Å². The number of nitrogens with zero attached hydrogens (tertiary/aromatic N) is 3. The van der Waals surface area contributed by atoms with Crippen molar-refractivity contribution in [1.29, 1.82) is 0 Å². The van der Waals surface area contributed by atoms with Crippen LogP contribution in [0.1, 0.15) is 47.9 Å². The first-order chi connectivity index (χ1) is 15.0. The van der Waals surface area contributed by atoms with Crippen LogP contribution < -0.4 is 5.32 Å². The Hall–Kier alpha value is -3.15. The number of imidazole rings is 1. The highest BCUT2D eigenvalue weighted by molar-refractivity contribution is 5.94. The molecule has 0 radical (unpaired) electrons. The van der Waals surface area contributed by atoms with Crippen LogP contribution in [0.25, 0.3) is 11.0 Å². The summed E-state index contributed by atoms with van der Waals surface area (Å²) in [7, 11) is 0. The number of hydrogen-bond acceptors (Lipinski definition) is 3. The normalized spacial score (nSPS) is 16.5. The number of piperidine rings is 1. The van der Waals surface area contributed by atoms with Gasteiger partial charge in [-0.05, 0) is 57.4 Å². The number of likely N-dealkylation sites (tertiary alicyclic amines) is 1. The Balaban J connectivity index is 1.48. The molecule has 1 aliphatic heterocycles. The lowest BCUT2D eigenvalue weighted by atomic mass is 10.0. The molecule has 2 aromatic carbocycles. The fourth-order valence-electron chi connectivity index (χ4n) is 4.36. The average molecular weight is 419 g/mol. The summed E-state index contributed by atoms with van der Waals surface area (Å²) in [6.45, 7) is 5.68. The molecule has 3 aromatic rings. The van der Waals surface area contributed by atoms with Crippen LogP contribution in [-0.2, 0) is 17.8 Å². The van der Waals surface area contributed by atoms with Gasteiger partial charge < -0.3 is 14.8 Å². The molecular formula is C25H30N4O2. The minimum Gasteiger partial charge on any atom is -0.352 e. The van der Waals surface area contributed by atoms with Gasteiger partial charge in [-0.3, -0.25) is 9.59 Å². The highest BCUT2D eigenvalue weighted by Gasteiger charge is 2.24. The zero-order valence-electron chi connectivity index (χ0n) is 18.3. The third-order valence-electron chi connectivity index (χ3n) is 6.06. The molecule has 0 spiro atoms. The van der Waals surface area contributed by atoms with Gasteiger partial charge in [-0.2, -0.15) is 0 Å². The van der Waals surface area contributed by atoms with E-state index in [-0.39, 0.29) is 24.4 Å². The van der Waals surface area contributed by atoms with Gasteiger partial charge >= 0.3 is 0 Å². The van der Waals surface area contributed by atoms with Crippen LogP contribution >= 0.6 is 0 Å². The van der Waals surface area contributed by atoms with Gasteiger partial charge in [-0.1, -0.05) is 29.8 Å². The topological polar surface area (TPSA) is 67.2 Å². The molecule has 4 rings (SSSR count). The Labute approximate surface area is 183 Å². The number of hydrogen-bond donors (Lipinski definition) is 1. The molecule has 0 bridgehead atoms. The number of rotatable bonds is 6. The van der Waals surface area contributed by atoms with Gasteiger partial charge in [0.15, 0.2) is 0 Å². The number of benzene rings is 2. The van der Waals surface area contributed by atoms with Gasteiger partial charge in [-0.25, -0.2) is 4.98 Å². The molecule has 0 saturated carbocycles. The van der Waals surface area contributed by atoms with E-state index in [2.05, 4.69) is 12.2 Å². The third-order valence-corrected chi connectivity index (χ3v) is 6.06. The lowest BCUT2D eigenvalue weighted by Crippen LogP contribution is -2.43. The monoisotopic (exact) mass is 418 g/mol.